The van der Waals surface area contributed by atoms with Gasteiger partial charge in [0.15, 0.2) is 0 Å². The molecule has 4 nitrogen and oxygen atoms in total. The highest BCUT2D eigenvalue weighted by atomic mass is 16.4. The zero-order chi connectivity index (χ0) is 12.3. The van der Waals surface area contributed by atoms with E-state index in [4.69, 9.17) is 5.11 Å². The molecule has 0 spiro atoms. The molecule has 1 aromatic rings. The molecule has 2 rings (SSSR count). The summed E-state index contributed by atoms with van der Waals surface area (Å²) in [6.45, 7) is 0.741. The van der Waals surface area contributed by atoms with E-state index >= 15 is 0 Å². The minimum absolute atomic E-state index is 0.129. The van der Waals surface area contributed by atoms with Crippen LogP contribution in [0.4, 0.5) is 5.69 Å². The van der Waals surface area contributed by atoms with Crippen molar-refractivity contribution in [1.82, 2.24) is 0 Å². The quantitative estimate of drug-likeness (QED) is 0.808. The van der Waals surface area contributed by atoms with Gasteiger partial charge in [0.05, 0.1) is 0 Å². The van der Waals surface area contributed by atoms with Crippen LogP contribution in [0.15, 0.2) is 30.3 Å². The standard InChI is InChI=1S/C13H13NO3/c15-12-5-2-8-14(12)11-4-1-3-10(9-11)6-7-13(16)17/h1,3-4,6-7,9H,2,5,8H2,(H,16,17). The van der Waals surface area contributed by atoms with Crippen molar-refractivity contribution in [2.24, 2.45) is 0 Å². The lowest BCUT2D eigenvalue weighted by molar-refractivity contribution is -0.131. The number of carboxylic acids is 1. The number of benzene rings is 1. The highest BCUT2D eigenvalue weighted by Gasteiger charge is 2.21. The predicted octanol–water partition coefficient (Wildman–Crippen LogP) is 1.91. The van der Waals surface area contributed by atoms with Crippen LogP contribution in [0.1, 0.15) is 18.4 Å². The smallest absolute Gasteiger partial charge is 0.328 e. The molecule has 1 saturated heterocycles. The zero-order valence-corrected chi connectivity index (χ0v) is 9.30. The predicted molar refractivity (Wildman–Crippen MR) is 64.7 cm³/mol. The SMILES string of the molecule is O=C(O)C=Cc1cccc(N2CCCC2=O)c1. The lowest BCUT2D eigenvalue weighted by Crippen LogP contribution is -2.23. The zero-order valence-electron chi connectivity index (χ0n) is 9.30. The highest BCUT2D eigenvalue weighted by molar-refractivity contribution is 5.95. The molecule has 1 fully saturated rings. The summed E-state index contributed by atoms with van der Waals surface area (Å²) in [4.78, 5) is 23.7. The van der Waals surface area contributed by atoms with Crippen LogP contribution in [0.25, 0.3) is 6.08 Å². The van der Waals surface area contributed by atoms with Crippen molar-refractivity contribution in [3.05, 3.63) is 35.9 Å². The molecular formula is C13H13NO3. The van der Waals surface area contributed by atoms with Crippen LogP contribution in [0, 0.1) is 0 Å². The molecule has 0 atom stereocenters. The van der Waals surface area contributed by atoms with Gasteiger partial charge in [0, 0.05) is 24.7 Å². The second-order valence-electron chi connectivity index (χ2n) is 3.92. The third-order valence-corrected chi connectivity index (χ3v) is 2.67. The van der Waals surface area contributed by atoms with E-state index in [0.29, 0.717) is 6.42 Å². The number of nitrogens with zero attached hydrogens (tertiary/aromatic N) is 1. The van der Waals surface area contributed by atoms with Gasteiger partial charge < -0.3 is 10.0 Å². The Balaban J connectivity index is 2.22. The van der Waals surface area contributed by atoms with Crippen LogP contribution in [0.5, 0.6) is 0 Å². The third-order valence-electron chi connectivity index (χ3n) is 2.67. The Morgan fingerprint density at radius 3 is 2.88 bits per heavy atom. The fraction of sp³-hybridized carbons (Fsp3) is 0.231. The first-order valence-corrected chi connectivity index (χ1v) is 5.48. The van der Waals surface area contributed by atoms with Crippen LogP contribution in [-0.4, -0.2) is 23.5 Å². The molecule has 0 saturated carbocycles. The van der Waals surface area contributed by atoms with Crippen molar-refractivity contribution in [1.29, 1.82) is 0 Å². The Kier molecular flexibility index (Phi) is 3.23. The van der Waals surface area contributed by atoms with Gasteiger partial charge in [0.25, 0.3) is 0 Å². The largest absolute Gasteiger partial charge is 0.478 e. The van der Waals surface area contributed by atoms with Crippen LogP contribution < -0.4 is 4.90 Å². The Morgan fingerprint density at radius 2 is 2.24 bits per heavy atom. The highest BCUT2D eigenvalue weighted by Crippen LogP contribution is 2.22. The maximum Gasteiger partial charge on any atom is 0.328 e. The molecule has 1 heterocycles. The normalized spacial score (nSPS) is 15.8. The number of hydrogen-bond acceptors (Lipinski definition) is 2. The summed E-state index contributed by atoms with van der Waals surface area (Å²) in [7, 11) is 0. The summed E-state index contributed by atoms with van der Waals surface area (Å²) in [5, 5.41) is 8.55. The Hall–Kier alpha value is -2.10. The number of carbonyl (C=O) groups is 2. The summed E-state index contributed by atoms with van der Waals surface area (Å²) in [5.41, 5.74) is 1.62. The Morgan fingerprint density at radius 1 is 1.41 bits per heavy atom. The summed E-state index contributed by atoms with van der Waals surface area (Å²) in [5.74, 6) is -0.850. The van der Waals surface area contributed by atoms with Crippen molar-refractivity contribution in [3.63, 3.8) is 0 Å². The third kappa shape index (κ3) is 2.72. The molecular weight excluding hydrogens is 218 g/mol. The first kappa shape index (κ1) is 11.4. The first-order valence-electron chi connectivity index (χ1n) is 5.48. The van der Waals surface area contributed by atoms with Crippen LogP contribution >= 0.6 is 0 Å². The van der Waals surface area contributed by atoms with Crippen LogP contribution in [-0.2, 0) is 9.59 Å². The number of amides is 1. The van der Waals surface area contributed by atoms with Crippen molar-refractivity contribution in [3.8, 4) is 0 Å². The Bertz CT molecular complexity index is 479. The average Bonchev–Trinajstić information content (AvgIpc) is 2.73. The van der Waals surface area contributed by atoms with E-state index in [1.54, 1.807) is 4.90 Å². The van der Waals surface area contributed by atoms with Crippen molar-refractivity contribution in [2.45, 2.75) is 12.8 Å². The lowest BCUT2D eigenvalue weighted by Gasteiger charge is -2.15. The van der Waals surface area contributed by atoms with Crippen molar-refractivity contribution < 1.29 is 14.7 Å². The summed E-state index contributed by atoms with van der Waals surface area (Å²) < 4.78 is 0. The number of rotatable bonds is 3. The van der Waals surface area contributed by atoms with E-state index in [0.717, 1.165) is 30.3 Å². The molecule has 0 bridgehead atoms. The van der Waals surface area contributed by atoms with E-state index in [1.165, 1.54) is 6.08 Å². The molecule has 0 unspecified atom stereocenters. The minimum Gasteiger partial charge on any atom is -0.478 e. The lowest BCUT2D eigenvalue weighted by atomic mass is 10.2. The maximum absolute atomic E-state index is 11.6. The van der Waals surface area contributed by atoms with Gasteiger partial charge in [-0.1, -0.05) is 12.1 Å². The summed E-state index contributed by atoms with van der Waals surface area (Å²) in [6, 6.07) is 7.32. The minimum atomic E-state index is -0.979. The summed E-state index contributed by atoms with van der Waals surface area (Å²) in [6.07, 6.45) is 4.08. The molecule has 17 heavy (non-hydrogen) atoms. The Labute approximate surface area is 99.2 Å². The van der Waals surface area contributed by atoms with E-state index in [9.17, 15) is 9.59 Å². The van der Waals surface area contributed by atoms with Crippen molar-refractivity contribution >= 4 is 23.6 Å². The van der Waals surface area contributed by atoms with Gasteiger partial charge in [-0.3, -0.25) is 4.79 Å². The molecule has 4 heteroatoms. The van der Waals surface area contributed by atoms with Gasteiger partial charge in [-0.2, -0.15) is 0 Å². The molecule has 1 aromatic carbocycles. The molecule has 1 N–H and O–H groups in total. The molecule has 1 amide bonds. The second kappa shape index (κ2) is 4.82. The van der Waals surface area contributed by atoms with E-state index in [2.05, 4.69) is 0 Å². The second-order valence-corrected chi connectivity index (χ2v) is 3.92. The number of carbonyl (C=O) groups excluding carboxylic acids is 1. The fourth-order valence-corrected chi connectivity index (χ4v) is 1.89. The van der Waals surface area contributed by atoms with E-state index in [1.807, 2.05) is 24.3 Å². The first-order chi connectivity index (χ1) is 8.16. The van der Waals surface area contributed by atoms with Gasteiger partial charge in [0.1, 0.15) is 0 Å². The van der Waals surface area contributed by atoms with Gasteiger partial charge in [0.2, 0.25) is 5.91 Å². The number of carboxylic acid groups (broad SMARTS) is 1. The number of hydrogen-bond donors (Lipinski definition) is 1. The molecule has 1 aliphatic rings. The van der Waals surface area contributed by atoms with Crippen molar-refractivity contribution in [2.75, 3.05) is 11.4 Å². The van der Waals surface area contributed by atoms with Gasteiger partial charge >= 0.3 is 5.97 Å². The van der Waals surface area contributed by atoms with Gasteiger partial charge in [-0.25, -0.2) is 4.79 Å². The number of anilines is 1. The van der Waals surface area contributed by atoms with Gasteiger partial charge in [-0.05, 0) is 30.2 Å². The van der Waals surface area contributed by atoms with E-state index < -0.39 is 5.97 Å². The van der Waals surface area contributed by atoms with E-state index in [-0.39, 0.29) is 5.91 Å². The van der Waals surface area contributed by atoms with Crippen LogP contribution in [0.3, 0.4) is 0 Å². The number of aliphatic carboxylic acids is 1. The topological polar surface area (TPSA) is 57.6 Å². The maximum atomic E-state index is 11.6. The molecule has 1 aliphatic heterocycles. The monoisotopic (exact) mass is 231 g/mol. The average molecular weight is 231 g/mol. The molecule has 88 valence electrons. The molecule has 0 radical (unpaired) electrons. The fourth-order valence-electron chi connectivity index (χ4n) is 1.89. The van der Waals surface area contributed by atoms with Gasteiger partial charge in [-0.15, -0.1) is 0 Å². The molecule has 0 aromatic heterocycles. The van der Waals surface area contributed by atoms with Crippen LogP contribution in [0.2, 0.25) is 0 Å². The summed E-state index contributed by atoms with van der Waals surface area (Å²) >= 11 is 0. The molecule has 0 aliphatic carbocycles.